The summed E-state index contributed by atoms with van der Waals surface area (Å²) < 4.78 is 57.7. The van der Waals surface area contributed by atoms with Crippen molar-refractivity contribution in [3.63, 3.8) is 0 Å². The number of ketones is 4. The summed E-state index contributed by atoms with van der Waals surface area (Å²) in [5.74, 6) is -3.30. The molecule has 4 saturated heterocycles. The van der Waals surface area contributed by atoms with Gasteiger partial charge in [0.05, 0.1) is 72.5 Å². The number of piperazine rings is 2. The number of ether oxygens (including phenoxy) is 10. The van der Waals surface area contributed by atoms with Gasteiger partial charge in [-0.25, -0.2) is 9.59 Å². The number of thioether (sulfide) groups is 2. The zero-order valence-electron chi connectivity index (χ0n) is 50.0. The Morgan fingerprint density at radius 2 is 1.09 bits per heavy atom. The van der Waals surface area contributed by atoms with Gasteiger partial charge in [-0.1, -0.05) is 6.07 Å². The molecule has 6 unspecified atom stereocenters. The summed E-state index contributed by atoms with van der Waals surface area (Å²) in [5.41, 5.74) is 6.53. The zero-order chi connectivity index (χ0) is 63.2. The van der Waals surface area contributed by atoms with Crippen LogP contribution in [-0.4, -0.2) is 181 Å². The number of nitrogens with zero attached hydrogens (tertiary/aromatic N) is 6. The number of likely N-dealkylation sites (N-methyl/N-ethyl adjacent to an activating group) is 2. The first-order valence-corrected chi connectivity index (χ1v) is 30.9. The van der Waals surface area contributed by atoms with Crippen molar-refractivity contribution in [2.45, 2.75) is 125 Å². The van der Waals surface area contributed by atoms with Crippen molar-refractivity contribution in [1.29, 1.82) is 10.5 Å². The van der Waals surface area contributed by atoms with Crippen LogP contribution in [0.5, 0.6) is 46.0 Å². The second-order valence-electron chi connectivity index (χ2n) is 23.6. The fourth-order valence-electron chi connectivity index (χ4n) is 15.8. The number of fused-ring (bicyclic) bond motifs is 17. The summed E-state index contributed by atoms with van der Waals surface area (Å²) >= 11 is 2.34. The predicted octanol–water partition coefficient (Wildman–Crippen LogP) is 4.42. The normalized spacial score (nSPS) is 29.8. The molecule has 464 valence electrons. The number of methoxy groups -OCH3 is 2. The van der Waals surface area contributed by atoms with Gasteiger partial charge in [-0.15, -0.1) is 23.5 Å². The number of phenols is 1. The summed E-state index contributed by atoms with van der Waals surface area (Å²) in [6, 6.07) is 0.575. The Kier molecular flexibility index (Phi) is 14.8. The molecular weight excluding hydrogens is 1200 g/mol. The van der Waals surface area contributed by atoms with Crippen molar-refractivity contribution in [2.24, 2.45) is 0 Å². The molecule has 14 rings (SSSR count). The van der Waals surface area contributed by atoms with Crippen molar-refractivity contribution in [3.8, 4) is 58.1 Å². The largest absolute Gasteiger partial charge is 0.504 e. The first kappa shape index (κ1) is 59.8. The van der Waals surface area contributed by atoms with Gasteiger partial charge in [-0.3, -0.25) is 48.4 Å². The highest BCUT2D eigenvalue weighted by Gasteiger charge is 2.64. The number of aryl methyl sites for hydroxylation is 1. The maximum absolute atomic E-state index is 14.1. The number of esters is 4. The van der Waals surface area contributed by atoms with E-state index in [1.165, 1.54) is 39.8 Å². The predicted molar refractivity (Wildman–Crippen MR) is 309 cm³/mol. The number of cyclic esters (lactones) is 2. The molecular formula is C62H60N6O19S2. The van der Waals surface area contributed by atoms with E-state index in [2.05, 4.69) is 21.9 Å². The lowest BCUT2D eigenvalue weighted by atomic mass is 9.68. The topological polar surface area (TPSA) is 310 Å². The standard InChI is InChI=1S/C31H29N3O10S.C31H31N3O9S/c1-11-24(37)14-6-15-16(7-32)34-17-8-41-31(39)18(36)9-45-30(23(34)22(33(15)4)19(14)25(38)27(11)40-5)21-20(17)29-28(42-10-43-29)12(2)26(21)44-13(3)35;1-12-6-15-7-16-17(8-32)34-18-9-40-31(38)19(36)10-44-30(24(34)23(33(16)4)20(15)25(37)26(12)39-5)22-21(18)29-28(41-11-42-29)13(2)27(22)43-14(3)35/h15-17,22-23,30H,6,8-10H2,1-5H3;6,16-18,23-24,30,37H,7,9-11H2,1-5H3/t15?,16-,17-,22?,23?,30+;16?,17-,18-,23?,24?,30+/m00/s1. The Morgan fingerprint density at radius 3 is 1.56 bits per heavy atom. The van der Waals surface area contributed by atoms with Crippen molar-refractivity contribution >= 4 is 70.5 Å². The van der Waals surface area contributed by atoms with E-state index in [9.17, 15) is 54.0 Å². The van der Waals surface area contributed by atoms with Gasteiger partial charge < -0.3 is 52.5 Å². The molecule has 1 N–H and O–H groups in total. The van der Waals surface area contributed by atoms with E-state index >= 15 is 0 Å². The molecule has 89 heavy (non-hydrogen) atoms. The van der Waals surface area contributed by atoms with Crippen LogP contribution in [0.3, 0.4) is 0 Å². The second-order valence-corrected chi connectivity index (χ2v) is 25.8. The van der Waals surface area contributed by atoms with Crippen LogP contribution in [0.1, 0.15) is 106 Å². The summed E-state index contributed by atoms with van der Waals surface area (Å²) in [6.07, 6.45) is 0.630. The number of nitriles is 2. The first-order valence-electron chi connectivity index (χ1n) is 28.8. The third kappa shape index (κ3) is 8.69. The number of carbonyl (C=O) groups is 8. The number of rotatable bonds is 4. The van der Waals surface area contributed by atoms with Gasteiger partial charge in [0.2, 0.25) is 30.9 Å². The lowest BCUT2D eigenvalue weighted by Crippen LogP contribution is -2.73. The van der Waals surface area contributed by atoms with Crippen molar-refractivity contribution in [2.75, 3.05) is 66.6 Å². The van der Waals surface area contributed by atoms with E-state index < -0.39 is 106 Å². The van der Waals surface area contributed by atoms with Gasteiger partial charge in [0, 0.05) is 93.7 Å². The molecule has 0 aromatic heterocycles. The summed E-state index contributed by atoms with van der Waals surface area (Å²) in [6.45, 7) is 8.78. The highest BCUT2D eigenvalue weighted by Crippen LogP contribution is 2.66. The van der Waals surface area contributed by atoms with Gasteiger partial charge in [0.25, 0.3) is 0 Å². The van der Waals surface area contributed by atoms with E-state index in [0.29, 0.717) is 85.4 Å². The quantitative estimate of drug-likeness (QED) is 0.163. The lowest BCUT2D eigenvalue weighted by Gasteiger charge is -2.61. The van der Waals surface area contributed by atoms with E-state index in [0.717, 1.165) is 22.9 Å². The van der Waals surface area contributed by atoms with Gasteiger partial charge in [0.15, 0.2) is 46.0 Å². The number of allylic oxidation sites excluding steroid dienone is 2. The second kappa shape index (κ2) is 22.1. The molecule has 10 aliphatic heterocycles. The Morgan fingerprint density at radius 1 is 0.618 bits per heavy atom. The molecule has 0 spiro atoms. The minimum absolute atomic E-state index is 0.0240. The number of hydrogen-bond acceptors (Lipinski definition) is 27. The third-order valence-electron chi connectivity index (χ3n) is 19.2. The third-order valence-corrected chi connectivity index (χ3v) is 21.8. The molecule has 0 saturated carbocycles. The molecule has 0 amide bonds. The molecule has 4 fully saturated rings. The zero-order valence-corrected chi connectivity index (χ0v) is 51.6. The Hall–Kier alpha value is -8.18. The Balaban J connectivity index is 0.000000164. The number of carbonyl (C=O) groups excluding carboxylic acids is 8. The highest BCUT2D eigenvalue weighted by molar-refractivity contribution is 8.00. The summed E-state index contributed by atoms with van der Waals surface area (Å²) in [5, 5.41) is 31.9. The molecule has 8 bridgehead atoms. The minimum atomic E-state index is -1.000. The maximum atomic E-state index is 14.1. The van der Waals surface area contributed by atoms with Crippen LogP contribution in [0.25, 0.3) is 0 Å². The van der Waals surface area contributed by atoms with Gasteiger partial charge in [0.1, 0.15) is 36.8 Å². The van der Waals surface area contributed by atoms with Crippen LogP contribution in [0.4, 0.5) is 0 Å². The van der Waals surface area contributed by atoms with Crippen molar-refractivity contribution in [3.05, 3.63) is 78.6 Å². The molecule has 3 aromatic carbocycles. The first-order chi connectivity index (χ1) is 42.6. The Labute approximate surface area is 517 Å². The van der Waals surface area contributed by atoms with Crippen LogP contribution in [0.15, 0.2) is 28.5 Å². The van der Waals surface area contributed by atoms with Crippen LogP contribution in [0.2, 0.25) is 0 Å². The van der Waals surface area contributed by atoms with Crippen LogP contribution in [0, 0.1) is 43.4 Å². The molecule has 25 nitrogen and oxygen atoms in total. The molecule has 12 atom stereocenters. The fraction of sp³-hybridized carbons (Fsp3) is 0.484. The average molecular weight is 1260 g/mol. The van der Waals surface area contributed by atoms with E-state index in [-0.39, 0.29) is 85.0 Å². The number of Topliss-reactive ketones (excluding diaryl/α,β-unsaturated/α-hetero) is 4. The van der Waals surface area contributed by atoms with Gasteiger partial charge >= 0.3 is 23.9 Å². The number of phenolic OH excluding ortho intramolecular Hbond substituents is 1. The molecule has 1 aliphatic carbocycles. The summed E-state index contributed by atoms with van der Waals surface area (Å²) in [4.78, 5) is 112. The SMILES string of the molecule is COC1=C(C)C(=O)C2=C(C1=O)C1C3[C@@H]4SCC(=O)C(=O)OC[C@@H](c5c6c(c(C)c(OC(C)=O)c54)OCO6)N3[C@@H](C#N)C(C2)N1C.COc1c(C)cc2c(c1O)C1C3[C@@H]4SCC(=O)C(=O)OC[C@@H](c5c6c(c(C)c(OC(C)=O)c54)OCO6)N3[C@@H](C#N)C(C2)N1C. The van der Waals surface area contributed by atoms with E-state index in [1.54, 1.807) is 20.8 Å². The van der Waals surface area contributed by atoms with E-state index in [1.807, 2.05) is 36.9 Å². The van der Waals surface area contributed by atoms with Gasteiger partial charge in [-0.2, -0.15) is 10.5 Å². The smallest absolute Gasteiger partial charge is 0.375 e. The van der Waals surface area contributed by atoms with Gasteiger partial charge in [-0.05, 0) is 65.8 Å². The molecule has 3 aromatic rings. The van der Waals surface area contributed by atoms with Crippen LogP contribution >= 0.6 is 23.5 Å². The lowest BCUT2D eigenvalue weighted by molar-refractivity contribution is -0.157. The minimum Gasteiger partial charge on any atom is -0.504 e. The Bertz CT molecular complexity index is 3920. The fourth-order valence-corrected chi connectivity index (χ4v) is 18.5. The number of aromatic hydroxyl groups is 1. The molecule has 10 heterocycles. The van der Waals surface area contributed by atoms with Crippen molar-refractivity contribution < 1.29 is 90.8 Å². The highest BCUT2D eigenvalue weighted by atomic mass is 32.2. The van der Waals surface area contributed by atoms with Crippen molar-refractivity contribution in [1.82, 2.24) is 19.6 Å². The maximum Gasteiger partial charge on any atom is 0.375 e. The average Bonchev–Trinajstić information content (AvgIpc) is 1.49. The number of benzene rings is 3. The monoisotopic (exact) mass is 1260 g/mol. The molecule has 0 radical (unpaired) electrons. The summed E-state index contributed by atoms with van der Waals surface area (Å²) in [7, 11) is 6.61. The molecule has 11 aliphatic rings. The number of hydrogen-bond donors (Lipinski definition) is 1. The van der Waals surface area contributed by atoms with E-state index in [4.69, 9.17) is 47.4 Å². The molecule has 27 heteroatoms. The van der Waals surface area contributed by atoms with Crippen LogP contribution in [-0.2, 0) is 59.0 Å². The van der Waals surface area contributed by atoms with Crippen LogP contribution < -0.4 is 33.2 Å².